The van der Waals surface area contributed by atoms with Gasteiger partial charge in [-0.15, -0.1) is 0 Å². The van der Waals surface area contributed by atoms with Gasteiger partial charge in [0.25, 0.3) is 11.1 Å². The van der Waals surface area contributed by atoms with Crippen molar-refractivity contribution in [1.82, 2.24) is 19.1 Å². The Morgan fingerprint density at radius 2 is 1.64 bits per heavy atom. The van der Waals surface area contributed by atoms with Crippen molar-refractivity contribution in [3.8, 4) is 6.01 Å². The minimum atomic E-state index is -0.719. The Morgan fingerprint density at radius 1 is 1.00 bits per heavy atom. The number of H-pyrrole nitrogens is 1. The number of fused-ring (bicyclic) bond motifs is 3. The van der Waals surface area contributed by atoms with Crippen LogP contribution in [0.25, 0.3) is 0 Å². The number of aromatic amines is 1. The zero-order chi connectivity index (χ0) is 23.9. The van der Waals surface area contributed by atoms with Gasteiger partial charge in [0.05, 0.1) is 12.2 Å². The van der Waals surface area contributed by atoms with Crippen LogP contribution in [0.5, 0.6) is 6.01 Å². The SMILES string of the molecule is CC[C@@H]1C[C@H](O)[C@H](n2cc(C)c(=O)[nH]c2=O)O1.CC[C@@H]1C[C@H]2Oc3nc(=O)c(C)cn3[C@@H]2O1. The van der Waals surface area contributed by atoms with Crippen molar-refractivity contribution in [3.05, 3.63) is 54.7 Å². The second kappa shape index (κ2) is 9.24. The summed E-state index contributed by atoms with van der Waals surface area (Å²) < 4.78 is 20.1. The van der Waals surface area contributed by atoms with Gasteiger partial charge in [-0.3, -0.25) is 23.7 Å². The Balaban J connectivity index is 0.000000157. The summed E-state index contributed by atoms with van der Waals surface area (Å²) in [6, 6.07) is 0.389. The molecule has 5 rings (SSSR count). The number of aromatic nitrogens is 4. The Bertz CT molecular complexity index is 1190. The van der Waals surface area contributed by atoms with E-state index in [-0.39, 0.29) is 30.1 Å². The number of hydrogen-bond acceptors (Lipinski definition) is 8. The minimum Gasteiger partial charge on any atom is -0.456 e. The molecule has 3 aliphatic heterocycles. The first-order valence-electron chi connectivity index (χ1n) is 11.3. The molecule has 33 heavy (non-hydrogen) atoms. The normalized spacial score (nSPS) is 29.7. The van der Waals surface area contributed by atoms with Crippen molar-refractivity contribution >= 4 is 0 Å². The van der Waals surface area contributed by atoms with Crippen LogP contribution in [-0.2, 0) is 9.47 Å². The van der Waals surface area contributed by atoms with E-state index in [9.17, 15) is 19.5 Å². The third-order valence-corrected chi connectivity index (χ3v) is 6.26. The Kier molecular flexibility index (Phi) is 6.55. The van der Waals surface area contributed by atoms with Gasteiger partial charge >= 0.3 is 11.7 Å². The van der Waals surface area contributed by atoms with E-state index in [4.69, 9.17) is 14.2 Å². The third kappa shape index (κ3) is 4.53. The van der Waals surface area contributed by atoms with Gasteiger partial charge in [0.2, 0.25) is 0 Å². The van der Waals surface area contributed by atoms with Gasteiger partial charge in [-0.2, -0.15) is 4.98 Å². The molecule has 2 aromatic heterocycles. The number of hydrogen-bond donors (Lipinski definition) is 2. The maximum Gasteiger partial charge on any atom is 0.330 e. The fourth-order valence-electron chi connectivity index (χ4n) is 4.30. The number of nitrogens with one attached hydrogen (secondary N) is 1. The first-order valence-corrected chi connectivity index (χ1v) is 11.3. The number of rotatable bonds is 3. The zero-order valence-corrected chi connectivity index (χ0v) is 19.2. The van der Waals surface area contributed by atoms with Gasteiger partial charge in [-0.05, 0) is 26.7 Å². The van der Waals surface area contributed by atoms with Crippen molar-refractivity contribution in [2.75, 3.05) is 0 Å². The van der Waals surface area contributed by atoms with Crippen molar-refractivity contribution < 1.29 is 19.3 Å². The van der Waals surface area contributed by atoms with Gasteiger partial charge in [-0.25, -0.2) is 4.79 Å². The molecule has 0 spiro atoms. The second-order valence-corrected chi connectivity index (χ2v) is 8.71. The predicted molar refractivity (Wildman–Crippen MR) is 117 cm³/mol. The molecule has 0 saturated carbocycles. The maximum absolute atomic E-state index is 11.6. The molecular formula is C22H30N4O7. The summed E-state index contributed by atoms with van der Waals surface area (Å²) in [5, 5.41) is 9.85. The maximum atomic E-state index is 11.6. The highest BCUT2D eigenvalue weighted by Gasteiger charge is 2.43. The number of ether oxygens (including phenoxy) is 3. The lowest BCUT2D eigenvalue weighted by molar-refractivity contribution is -0.0405. The number of nitrogens with zero attached hydrogens (tertiary/aromatic N) is 3. The van der Waals surface area contributed by atoms with Crippen LogP contribution in [0.15, 0.2) is 26.8 Å². The lowest BCUT2D eigenvalue weighted by Gasteiger charge is -2.17. The molecule has 2 aromatic rings. The van der Waals surface area contributed by atoms with Crippen molar-refractivity contribution in [2.24, 2.45) is 0 Å². The first kappa shape index (κ1) is 23.4. The second-order valence-electron chi connectivity index (χ2n) is 8.71. The van der Waals surface area contributed by atoms with E-state index in [0.29, 0.717) is 23.6 Å². The topological polar surface area (TPSA) is 138 Å². The highest BCUT2D eigenvalue weighted by molar-refractivity contribution is 5.14. The van der Waals surface area contributed by atoms with Crippen LogP contribution in [0.1, 0.15) is 63.1 Å². The standard InChI is InChI=1S/C11H16N2O4.C11H14N2O3/c1-3-7-4-8(14)10(17-7)13-5-6(2)9(15)12-11(13)16;1-3-7-4-8-10(15-7)13-5-6(2)9(14)12-11(13)16-8/h5,7-8,10,14H,3-4H2,1-2H3,(H,12,15,16);5,7-8,10H,3-4H2,1-2H3/t7-,8+,10-;7-,8-,10-/m11/s1. The summed E-state index contributed by atoms with van der Waals surface area (Å²) >= 11 is 0. The molecule has 11 nitrogen and oxygen atoms in total. The summed E-state index contributed by atoms with van der Waals surface area (Å²) in [6.07, 6.45) is 5.03. The summed E-state index contributed by atoms with van der Waals surface area (Å²) in [5.41, 5.74) is -0.151. The average molecular weight is 463 g/mol. The van der Waals surface area contributed by atoms with E-state index in [1.54, 1.807) is 20.0 Å². The Hall–Kier alpha value is -2.76. The van der Waals surface area contributed by atoms with Crippen LogP contribution < -0.4 is 21.5 Å². The van der Waals surface area contributed by atoms with Crippen molar-refractivity contribution in [3.63, 3.8) is 0 Å². The molecule has 2 saturated heterocycles. The lowest BCUT2D eigenvalue weighted by atomic mass is 10.1. The van der Waals surface area contributed by atoms with Crippen molar-refractivity contribution in [2.45, 2.75) is 90.2 Å². The molecule has 0 aromatic carbocycles. The van der Waals surface area contributed by atoms with Gasteiger partial charge < -0.3 is 19.3 Å². The van der Waals surface area contributed by atoms with E-state index < -0.39 is 23.6 Å². The van der Waals surface area contributed by atoms with E-state index in [1.807, 2.05) is 11.5 Å². The third-order valence-electron chi connectivity index (χ3n) is 6.26. The van der Waals surface area contributed by atoms with E-state index >= 15 is 0 Å². The lowest BCUT2D eigenvalue weighted by Crippen LogP contribution is -2.36. The molecule has 6 atom stereocenters. The monoisotopic (exact) mass is 462 g/mol. The average Bonchev–Trinajstić information content (AvgIpc) is 3.44. The molecule has 0 aliphatic carbocycles. The molecule has 0 amide bonds. The van der Waals surface area contributed by atoms with Crippen LogP contribution in [0, 0.1) is 13.8 Å². The molecular weight excluding hydrogens is 432 g/mol. The number of aliphatic hydroxyl groups excluding tert-OH is 1. The van der Waals surface area contributed by atoms with Crippen LogP contribution >= 0.6 is 0 Å². The fraction of sp³-hybridized carbons (Fsp3) is 0.636. The summed E-state index contributed by atoms with van der Waals surface area (Å²) in [4.78, 5) is 40.3. The molecule has 0 radical (unpaired) electrons. The summed E-state index contributed by atoms with van der Waals surface area (Å²) in [5.74, 6) is 0. The minimum absolute atomic E-state index is 0.0126. The zero-order valence-electron chi connectivity index (χ0n) is 19.2. The quantitative estimate of drug-likeness (QED) is 0.687. The van der Waals surface area contributed by atoms with Gasteiger partial charge in [-0.1, -0.05) is 13.8 Å². The smallest absolute Gasteiger partial charge is 0.330 e. The van der Waals surface area contributed by atoms with Crippen LogP contribution in [0.2, 0.25) is 0 Å². The molecule has 0 unspecified atom stereocenters. The summed E-state index contributed by atoms with van der Waals surface area (Å²) in [7, 11) is 0. The van der Waals surface area contributed by atoms with Gasteiger partial charge in [0, 0.05) is 36.4 Å². The van der Waals surface area contributed by atoms with E-state index in [1.165, 1.54) is 10.8 Å². The fourth-order valence-corrected chi connectivity index (χ4v) is 4.30. The van der Waals surface area contributed by atoms with Gasteiger partial charge in [0.1, 0.15) is 12.2 Å². The van der Waals surface area contributed by atoms with E-state index in [2.05, 4.69) is 16.9 Å². The van der Waals surface area contributed by atoms with Crippen LogP contribution in [0.4, 0.5) is 0 Å². The Labute approximate surface area is 190 Å². The van der Waals surface area contributed by atoms with E-state index in [0.717, 1.165) is 19.3 Å². The number of aliphatic hydroxyl groups is 1. The highest BCUT2D eigenvalue weighted by Crippen LogP contribution is 2.39. The Morgan fingerprint density at radius 3 is 2.30 bits per heavy atom. The molecule has 0 bridgehead atoms. The first-order chi connectivity index (χ1) is 15.7. The highest BCUT2D eigenvalue weighted by atomic mass is 16.6. The van der Waals surface area contributed by atoms with Crippen LogP contribution in [0.3, 0.4) is 0 Å². The molecule has 3 aliphatic rings. The van der Waals surface area contributed by atoms with Crippen molar-refractivity contribution in [1.29, 1.82) is 0 Å². The molecule has 2 N–H and O–H groups in total. The molecule has 11 heteroatoms. The molecule has 180 valence electrons. The summed E-state index contributed by atoms with van der Waals surface area (Å²) in [6.45, 7) is 7.41. The predicted octanol–water partition coefficient (Wildman–Crippen LogP) is 0.914. The largest absolute Gasteiger partial charge is 0.456 e. The number of aryl methyl sites for hydroxylation is 2. The van der Waals surface area contributed by atoms with Crippen LogP contribution in [-0.4, -0.2) is 48.6 Å². The van der Waals surface area contributed by atoms with Gasteiger partial charge in [0.15, 0.2) is 12.5 Å². The molecule has 5 heterocycles. The molecule has 2 fully saturated rings.